The van der Waals surface area contributed by atoms with E-state index in [1.54, 1.807) is 18.7 Å². The quantitative estimate of drug-likeness (QED) is 0.887. The number of amides is 2. The highest BCUT2D eigenvalue weighted by Crippen LogP contribution is 2.28. The monoisotopic (exact) mass is 276 g/mol. The van der Waals surface area contributed by atoms with Gasteiger partial charge in [-0.1, -0.05) is 32.0 Å². The number of benzene rings is 1. The average Bonchev–Trinajstić information content (AvgIpc) is 2.88. The Balaban J connectivity index is 2.19. The summed E-state index contributed by atoms with van der Waals surface area (Å²) in [6.07, 6.45) is 1.53. The zero-order valence-corrected chi connectivity index (χ0v) is 11.8. The van der Waals surface area contributed by atoms with E-state index < -0.39 is 11.5 Å². The molecule has 2 N–H and O–H groups in total. The minimum Gasteiger partial charge on any atom is -0.480 e. The van der Waals surface area contributed by atoms with Crippen molar-refractivity contribution in [2.24, 2.45) is 0 Å². The molecule has 0 atom stereocenters. The SMILES string of the molecule is CCC(CC)(NC(=O)N1CCc2ccccc21)C(=O)O. The smallest absolute Gasteiger partial charge is 0.329 e. The summed E-state index contributed by atoms with van der Waals surface area (Å²) in [6, 6.07) is 7.38. The average molecular weight is 276 g/mol. The number of rotatable bonds is 4. The number of carbonyl (C=O) groups excluding carboxylic acids is 1. The van der Waals surface area contributed by atoms with Crippen LogP contribution < -0.4 is 10.2 Å². The van der Waals surface area contributed by atoms with Crippen LogP contribution in [0.15, 0.2) is 24.3 Å². The maximum atomic E-state index is 12.4. The molecule has 0 radical (unpaired) electrons. The van der Waals surface area contributed by atoms with Gasteiger partial charge in [-0.25, -0.2) is 9.59 Å². The van der Waals surface area contributed by atoms with Gasteiger partial charge in [0.15, 0.2) is 0 Å². The van der Waals surface area contributed by atoms with Gasteiger partial charge in [-0.05, 0) is 30.9 Å². The molecule has 1 aromatic rings. The highest BCUT2D eigenvalue weighted by atomic mass is 16.4. The lowest BCUT2D eigenvalue weighted by Crippen LogP contribution is -2.57. The molecule has 0 fully saturated rings. The second-order valence-corrected chi connectivity index (χ2v) is 5.05. The minimum atomic E-state index is -1.19. The Morgan fingerprint density at radius 1 is 1.30 bits per heavy atom. The second kappa shape index (κ2) is 5.53. The van der Waals surface area contributed by atoms with Crippen LogP contribution in [0.5, 0.6) is 0 Å². The summed E-state index contributed by atoms with van der Waals surface area (Å²) >= 11 is 0. The molecule has 5 heteroatoms. The van der Waals surface area contributed by atoms with E-state index in [4.69, 9.17) is 0 Å². The molecule has 0 bridgehead atoms. The number of carboxylic acids is 1. The normalized spacial score (nSPS) is 14.0. The first-order valence-electron chi connectivity index (χ1n) is 6.95. The summed E-state index contributed by atoms with van der Waals surface area (Å²) in [5, 5.41) is 12.1. The second-order valence-electron chi connectivity index (χ2n) is 5.05. The third kappa shape index (κ3) is 2.35. The first kappa shape index (κ1) is 14.4. The molecule has 1 aliphatic rings. The van der Waals surface area contributed by atoms with Crippen molar-refractivity contribution < 1.29 is 14.7 Å². The number of anilines is 1. The van der Waals surface area contributed by atoms with E-state index in [-0.39, 0.29) is 6.03 Å². The standard InChI is InChI=1S/C15H20N2O3/c1-3-15(4-2,13(18)19)16-14(20)17-10-9-11-7-5-6-8-12(11)17/h5-8H,3-4,9-10H2,1-2H3,(H,16,20)(H,18,19). The van der Waals surface area contributed by atoms with Crippen LogP contribution in [0.3, 0.4) is 0 Å². The molecule has 0 aromatic heterocycles. The number of aliphatic carboxylic acids is 1. The van der Waals surface area contributed by atoms with Crippen molar-refractivity contribution in [1.82, 2.24) is 5.32 Å². The maximum Gasteiger partial charge on any atom is 0.329 e. The molecule has 0 spiro atoms. The predicted molar refractivity (Wildman–Crippen MR) is 77.0 cm³/mol. The van der Waals surface area contributed by atoms with Crippen LogP contribution in [0.4, 0.5) is 10.5 Å². The van der Waals surface area contributed by atoms with Crippen LogP contribution in [-0.4, -0.2) is 29.2 Å². The summed E-state index contributed by atoms with van der Waals surface area (Å²) < 4.78 is 0. The predicted octanol–water partition coefficient (Wildman–Crippen LogP) is 2.40. The highest BCUT2D eigenvalue weighted by molar-refractivity contribution is 5.97. The van der Waals surface area contributed by atoms with Crippen molar-refractivity contribution in [3.63, 3.8) is 0 Å². The third-order valence-electron chi connectivity index (χ3n) is 4.10. The molecule has 20 heavy (non-hydrogen) atoms. The number of urea groups is 1. The van der Waals surface area contributed by atoms with Gasteiger partial charge >= 0.3 is 12.0 Å². The molecule has 5 nitrogen and oxygen atoms in total. The number of nitrogens with zero attached hydrogens (tertiary/aromatic N) is 1. The number of carboxylic acid groups (broad SMARTS) is 1. The fraction of sp³-hybridized carbons (Fsp3) is 0.467. The van der Waals surface area contributed by atoms with Crippen LogP contribution in [0.1, 0.15) is 32.3 Å². The fourth-order valence-electron chi connectivity index (χ4n) is 2.60. The van der Waals surface area contributed by atoms with Crippen LogP contribution in [0.2, 0.25) is 0 Å². The van der Waals surface area contributed by atoms with Crippen LogP contribution in [0.25, 0.3) is 0 Å². The zero-order valence-electron chi connectivity index (χ0n) is 11.8. The molecule has 1 aliphatic heterocycles. The Morgan fingerprint density at radius 3 is 2.55 bits per heavy atom. The lowest BCUT2D eigenvalue weighted by molar-refractivity contribution is -0.144. The van der Waals surface area contributed by atoms with Gasteiger partial charge in [0, 0.05) is 12.2 Å². The van der Waals surface area contributed by atoms with Gasteiger partial charge in [-0.15, -0.1) is 0 Å². The van der Waals surface area contributed by atoms with E-state index in [0.29, 0.717) is 19.4 Å². The van der Waals surface area contributed by atoms with Gasteiger partial charge in [-0.2, -0.15) is 0 Å². The molecule has 0 saturated heterocycles. The maximum absolute atomic E-state index is 12.4. The van der Waals surface area contributed by atoms with Gasteiger partial charge in [-0.3, -0.25) is 4.90 Å². The van der Waals surface area contributed by atoms with Crippen molar-refractivity contribution in [2.75, 3.05) is 11.4 Å². The molecule has 0 unspecified atom stereocenters. The highest BCUT2D eigenvalue weighted by Gasteiger charge is 2.38. The van der Waals surface area contributed by atoms with Crippen molar-refractivity contribution in [2.45, 2.75) is 38.6 Å². The Labute approximate surface area is 118 Å². The molecular formula is C15H20N2O3. The van der Waals surface area contributed by atoms with Crippen LogP contribution >= 0.6 is 0 Å². The molecule has 0 aliphatic carbocycles. The van der Waals surface area contributed by atoms with Crippen molar-refractivity contribution in [3.05, 3.63) is 29.8 Å². The molecule has 1 heterocycles. The topological polar surface area (TPSA) is 69.6 Å². The first-order valence-corrected chi connectivity index (χ1v) is 6.95. The van der Waals surface area contributed by atoms with Crippen LogP contribution in [0, 0.1) is 0 Å². The molecule has 108 valence electrons. The van der Waals surface area contributed by atoms with Gasteiger partial charge in [0.05, 0.1) is 0 Å². The number of carbonyl (C=O) groups is 2. The van der Waals surface area contributed by atoms with E-state index in [2.05, 4.69) is 5.32 Å². The Bertz CT molecular complexity index is 524. The summed E-state index contributed by atoms with van der Waals surface area (Å²) in [5.41, 5.74) is 0.808. The largest absolute Gasteiger partial charge is 0.480 e. The number of nitrogens with one attached hydrogen (secondary N) is 1. The van der Waals surface area contributed by atoms with E-state index in [9.17, 15) is 14.7 Å². The molecule has 1 aromatic carbocycles. The summed E-state index contributed by atoms with van der Waals surface area (Å²) in [6.45, 7) is 4.14. The van der Waals surface area contributed by atoms with Crippen molar-refractivity contribution in [3.8, 4) is 0 Å². The van der Waals surface area contributed by atoms with Gasteiger partial charge in [0.1, 0.15) is 5.54 Å². The number of hydrogen-bond donors (Lipinski definition) is 2. The van der Waals surface area contributed by atoms with Gasteiger partial charge in [0.25, 0.3) is 0 Å². The minimum absolute atomic E-state index is 0.332. The Hall–Kier alpha value is -2.04. The molecular weight excluding hydrogens is 256 g/mol. The fourth-order valence-corrected chi connectivity index (χ4v) is 2.60. The Morgan fingerprint density at radius 2 is 1.95 bits per heavy atom. The van der Waals surface area contributed by atoms with Crippen molar-refractivity contribution >= 4 is 17.7 Å². The molecule has 0 saturated carbocycles. The third-order valence-corrected chi connectivity index (χ3v) is 4.10. The lowest BCUT2D eigenvalue weighted by atomic mass is 9.93. The van der Waals surface area contributed by atoms with E-state index in [1.165, 1.54) is 0 Å². The zero-order chi connectivity index (χ0) is 14.8. The van der Waals surface area contributed by atoms with Crippen LogP contribution in [-0.2, 0) is 11.2 Å². The van der Waals surface area contributed by atoms with Gasteiger partial charge in [0.2, 0.25) is 0 Å². The van der Waals surface area contributed by atoms with E-state index in [0.717, 1.165) is 17.7 Å². The summed E-state index contributed by atoms with van der Waals surface area (Å²) in [7, 11) is 0. The van der Waals surface area contributed by atoms with E-state index >= 15 is 0 Å². The number of hydrogen-bond acceptors (Lipinski definition) is 2. The van der Waals surface area contributed by atoms with Gasteiger partial charge < -0.3 is 10.4 Å². The molecule has 2 amide bonds. The molecule has 2 rings (SSSR count). The van der Waals surface area contributed by atoms with E-state index in [1.807, 2.05) is 24.3 Å². The number of fused-ring (bicyclic) bond motifs is 1. The summed E-state index contributed by atoms with van der Waals surface area (Å²) in [4.78, 5) is 25.5. The van der Waals surface area contributed by atoms with Crippen molar-refractivity contribution in [1.29, 1.82) is 0 Å². The number of para-hydroxylation sites is 1. The Kier molecular flexibility index (Phi) is 3.97. The lowest BCUT2D eigenvalue weighted by Gasteiger charge is -2.30. The summed E-state index contributed by atoms with van der Waals surface area (Å²) in [5.74, 6) is -0.983. The first-order chi connectivity index (χ1) is 9.54.